The van der Waals surface area contributed by atoms with Crippen LogP contribution in [0, 0.1) is 0 Å². The van der Waals surface area contributed by atoms with Crippen LogP contribution in [0.5, 0.6) is 11.5 Å². The Morgan fingerprint density at radius 1 is 0.968 bits per heavy atom. The van der Waals surface area contributed by atoms with Crippen LogP contribution in [-0.2, 0) is 11.2 Å². The van der Waals surface area contributed by atoms with E-state index in [1.807, 2.05) is 34.5 Å². The molecule has 0 radical (unpaired) electrons. The van der Waals surface area contributed by atoms with Gasteiger partial charge in [-0.1, -0.05) is 6.07 Å². The highest BCUT2D eigenvalue weighted by atomic mass is 32.1. The van der Waals surface area contributed by atoms with Crippen LogP contribution in [0.2, 0.25) is 0 Å². The number of carbonyl (C=O) groups excluding carboxylic acids is 2. The van der Waals surface area contributed by atoms with Crippen LogP contribution in [0.15, 0.2) is 53.9 Å². The molecule has 0 saturated heterocycles. The minimum Gasteiger partial charge on any atom is -0.493 e. The van der Waals surface area contributed by atoms with E-state index in [0.717, 1.165) is 16.0 Å². The first-order chi connectivity index (χ1) is 15.1. The lowest BCUT2D eigenvalue weighted by molar-refractivity contribution is 0.0599. The average Bonchev–Trinajstić information content (AvgIpc) is 3.36. The van der Waals surface area contributed by atoms with E-state index in [4.69, 9.17) is 14.2 Å². The quantitative estimate of drug-likeness (QED) is 0.556. The molecule has 2 heterocycles. The number of hydrogen-bond acceptors (Lipinski definition) is 6. The number of benzene rings is 2. The molecule has 7 heteroatoms. The van der Waals surface area contributed by atoms with Gasteiger partial charge in [0.15, 0.2) is 11.5 Å². The second-order valence-electron chi connectivity index (χ2n) is 7.14. The molecular weight excluding hydrogens is 414 g/mol. The summed E-state index contributed by atoms with van der Waals surface area (Å²) >= 11 is 1.61. The third-order valence-corrected chi connectivity index (χ3v) is 6.42. The molecule has 0 N–H and O–H groups in total. The lowest BCUT2D eigenvalue weighted by Crippen LogP contribution is -2.40. The summed E-state index contributed by atoms with van der Waals surface area (Å²) in [5.41, 5.74) is 3.11. The molecule has 160 valence electrons. The number of esters is 1. The molecule has 0 fully saturated rings. The van der Waals surface area contributed by atoms with Crippen molar-refractivity contribution in [1.29, 1.82) is 0 Å². The molecule has 0 aliphatic carbocycles. The van der Waals surface area contributed by atoms with Gasteiger partial charge >= 0.3 is 5.97 Å². The van der Waals surface area contributed by atoms with Crippen LogP contribution in [0.25, 0.3) is 0 Å². The van der Waals surface area contributed by atoms with Gasteiger partial charge in [-0.3, -0.25) is 4.79 Å². The highest BCUT2D eigenvalue weighted by Crippen LogP contribution is 2.42. The van der Waals surface area contributed by atoms with Gasteiger partial charge in [0.1, 0.15) is 0 Å². The molecule has 1 atom stereocenters. The summed E-state index contributed by atoms with van der Waals surface area (Å²) in [7, 11) is 4.57. The minimum absolute atomic E-state index is 0.0877. The van der Waals surface area contributed by atoms with Crippen LogP contribution in [0.1, 0.15) is 42.8 Å². The molecule has 1 amide bonds. The Morgan fingerprint density at radius 3 is 2.26 bits per heavy atom. The van der Waals surface area contributed by atoms with Crippen LogP contribution < -0.4 is 9.47 Å². The van der Waals surface area contributed by atoms with Crippen molar-refractivity contribution in [2.24, 2.45) is 0 Å². The fraction of sp³-hybridized carbons (Fsp3) is 0.250. The lowest BCUT2D eigenvalue weighted by atomic mass is 9.90. The summed E-state index contributed by atoms with van der Waals surface area (Å²) in [6.07, 6.45) is 0.712. The summed E-state index contributed by atoms with van der Waals surface area (Å²) < 4.78 is 15.7. The molecule has 4 rings (SSSR count). The van der Waals surface area contributed by atoms with Crippen molar-refractivity contribution in [1.82, 2.24) is 4.90 Å². The fourth-order valence-electron chi connectivity index (χ4n) is 3.95. The van der Waals surface area contributed by atoms with Gasteiger partial charge < -0.3 is 19.1 Å². The van der Waals surface area contributed by atoms with Crippen molar-refractivity contribution in [2.75, 3.05) is 27.9 Å². The van der Waals surface area contributed by atoms with Gasteiger partial charge in [0.25, 0.3) is 5.91 Å². The molecule has 1 aliphatic rings. The topological polar surface area (TPSA) is 65.1 Å². The predicted molar refractivity (Wildman–Crippen MR) is 118 cm³/mol. The van der Waals surface area contributed by atoms with Gasteiger partial charge in [-0.2, -0.15) is 0 Å². The second kappa shape index (κ2) is 8.81. The van der Waals surface area contributed by atoms with Gasteiger partial charge in [0.05, 0.1) is 32.9 Å². The Labute approximate surface area is 185 Å². The van der Waals surface area contributed by atoms with Gasteiger partial charge in [-0.15, -0.1) is 11.3 Å². The molecule has 6 nitrogen and oxygen atoms in total. The van der Waals surface area contributed by atoms with E-state index in [-0.39, 0.29) is 11.9 Å². The zero-order valence-electron chi connectivity index (χ0n) is 17.6. The molecule has 2 aromatic carbocycles. The number of nitrogens with zero attached hydrogens (tertiary/aromatic N) is 1. The number of thiophene rings is 1. The second-order valence-corrected chi connectivity index (χ2v) is 8.12. The van der Waals surface area contributed by atoms with Crippen LogP contribution in [-0.4, -0.2) is 44.7 Å². The number of methoxy groups -OCH3 is 3. The molecule has 0 spiro atoms. The Kier molecular flexibility index (Phi) is 5.95. The van der Waals surface area contributed by atoms with Crippen molar-refractivity contribution in [2.45, 2.75) is 12.5 Å². The lowest BCUT2D eigenvalue weighted by Gasteiger charge is -2.37. The summed E-state index contributed by atoms with van der Waals surface area (Å²) in [6, 6.07) is 14.4. The third kappa shape index (κ3) is 3.88. The van der Waals surface area contributed by atoms with E-state index < -0.39 is 5.97 Å². The molecule has 1 aliphatic heterocycles. The van der Waals surface area contributed by atoms with Gasteiger partial charge in [0.2, 0.25) is 0 Å². The van der Waals surface area contributed by atoms with Crippen molar-refractivity contribution in [3.8, 4) is 11.5 Å². The normalized spacial score (nSPS) is 15.2. The monoisotopic (exact) mass is 437 g/mol. The first kappa shape index (κ1) is 20.9. The Hall–Kier alpha value is -3.32. The zero-order valence-corrected chi connectivity index (χ0v) is 18.4. The Balaban J connectivity index is 1.74. The number of ether oxygens (including phenoxy) is 3. The standard InChI is InChI=1S/C24H23NO5S/c1-28-19-13-17-10-11-25(23(26)15-6-8-16(9-7-15)24(27)30-3)22(21-5-4-12-31-21)18(17)14-20(19)29-2/h4-9,12-14,22H,10-11H2,1-3H3. The first-order valence-corrected chi connectivity index (χ1v) is 10.7. The third-order valence-electron chi connectivity index (χ3n) is 5.50. The molecular formula is C24H23NO5S. The number of fused-ring (bicyclic) bond motifs is 1. The predicted octanol–water partition coefficient (Wildman–Crippen LogP) is 4.34. The van der Waals surface area contributed by atoms with E-state index in [2.05, 4.69) is 0 Å². The molecule has 1 aromatic heterocycles. The zero-order chi connectivity index (χ0) is 22.0. The maximum atomic E-state index is 13.5. The molecule has 3 aromatic rings. The summed E-state index contributed by atoms with van der Waals surface area (Å²) in [5.74, 6) is 0.808. The van der Waals surface area contributed by atoms with Crippen LogP contribution in [0.3, 0.4) is 0 Å². The summed E-state index contributed by atoms with van der Waals surface area (Å²) in [5, 5.41) is 2.01. The minimum atomic E-state index is -0.427. The largest absolute Gasteiger partial charge is 0.493 e. The number of hydrogen-bond donors (Lipinski definition) is 0. The fourth-order valence-corrected chi connectivity index (χ4v) is 4.81. The molecule has 1 unspecified atom stereocenters. The smallest absolute Gasteiger partial charge is 0.337 e. The van der Waals surface area contributed by atoms with Crippen LogP contribution in [0.4, 0.5) is 0 Å². The van der Waals surface area contributed by atoms with E-state index >= 15 is 0 Å². The van der Waals surface area contributed by atoms with Gasteiger partial charge in [0, 0.05) is 17.0 Å². The maximum absolute atomic E-state index is 13.5. The first-order valence-electron chi connectivity index (χ1n) is 9.85. The average molecular weight is 438 g/mol. The Bertz CT molecular complexity index is 1090. The number of rotatable bonds is 5. The van der Waals surface area contributed by atoms with Crippen molar-refractivity contribution < 1.29 is 23.8 Å². The maximum Gasteiger partial charge on any atom is 0.337 e. The highest BCUT2D eigenvalue weighted by molar-refractivity contribution is 7.10. The molecule has 0 saturated carbocycles. The van der Waals surface area contributed by atoms with Crippen molar-refractivity contribution in [3.63, 3.8) is 0 Å². The highest BCUT2D eigenvalue weighted by Gasteiger charge is 2.34. The SMILES string of the molecule is COC(=O)c1ccc(C(=O)N2CCc3cc(OC)c(OC)cc3C2c2cccs2)cc1. The summed E-state index contributed by atoms with van der Waals surface area (Å²) in [6.45, 7) is 0.572. The van der Waals surface area contributed by atoms with Gasteiger partial charge in [-0.05, 0) is 65.4 Å². The van der Waals surface area contributed by atoms with E-state index in [0.29, 0.717) is 35.6 Å². The Morgan fingerprint density at radius 2 is 1.65 bits per heavy atom. The van der Waals surface area contributed by atoms with Crippen molar-refractivity contribution in [3.05, 3.63) is 81.0 Å². The van der Waals surface area contributed by atoms with E-state index in [9.17, 15) is 9.59 Å². The number of amides is 1. The molecule has 31 heavy (non-hydrogen) atoms. The van der Waals surface area contributed by atoms with E-state index in [1.54, 1.807) is 49.8 Å². The molecule has 0 bridgehead atoms. The van der Waals surface area contributed by atoms with Gasteiger partial charge in [-0.25, -0.2) is 4.79 Å². The van der Waals surface area contributed by atoms with Crippen LogP contribution >= 0.6 is 11.3 Å². The number of carbonyl (C=O) groups is 2. The van der Waals surface area contributed by atoms with Crippen molar-refractivity contribution >= 4 is 23.2 Å². The summed E-state index contributed by atoms with van der Waals surface area (Å²) in [4.78, 5) is 28.2. The van der Waals surface area contributed by atoms with E-state index in [1.165, 1.54) is 7.11 Å².